The number of hydrogen-bond acceptors (Lipinski definition) is 3. The molecule has 4 nitrogen and oxygen atoms in total. The minimum absolute atomic E-state index is 0.0927. The van der Waals surface area contributed by atoms with Crippen molar-refractivity contribution >= 4 is 5.91 Å². The van der Waals surface area contributed by atoms with Gasteiger partial charge in [-0.15, -0.1) is 0 Å². The first-order valence-electron chi connectivity index (χ1n) is 6.86. The Morgan fingerprint density at radius 1 is 1.23 bits per heavy atom. The van der Waals surface area contributed by atoms with Gasteiger partial charge in [0.2, 0.25) is 0 Å². The molecule has 0 saturated heterocycles. The maximum Gasteiger partial charge on any atom is 0.296 e. The number of methoxy groups -OCH3 is 1. The van der Waals surface area contributed by atoms with E-state index in [2.05, 4.69) is 17.2 Å². The summed E-state index contributed by atoms with van der Waals surface area (Å²) in [5.74, 6) is 5.49. The second-order valence-corrected chi connectivity index (χ2v) is 4.62. The average molecular weight is 295 g/mol. The molecule has 4 heteroatoms. The molecule has 2 aromatic carbocycles. The van der Waals surface area contributed by atoms with E-state index < -0.39 is 12.0 Å². The van der Waals surface area contributed by atoms with Crippen molar-refractivity contribution in [3.63, 3.8) is 0 Å². The Hall–Kier alpha value is -2.77. The molecule has 0 aromatic heterocycles. The van der Waals surface area contributed by atoms with Crippen LogP contribution in [0.3, 0.4) is 0 Å². The van der Waals surface area contributed by atoms with Gasteiger partial charge in [0.05, 0.1) is 13.2 Å². The second-order valence-electron chi connectivity index (χ2n) is 4.62. The molecule has 0 aliphatic heterocycles. The van der Waals surface area contributed by atoms with Crippen LogP contribution in [-0.4, -0.2) is 24.7 Å². The number of aliphatic hydroxyl groups excluding tert-OH is 1. The molecule has 0 aliphatic carbocycles. The van der Waals surface area contributed by atoms with Crippen molar-refractivity contribution in [2.24, 2.45) is 0 Å². The number of nitrogens with one attached hydrogen (secondary N) is 1. The fourth-order valence-electron chi connectivity index (χ4n) is 1.85. The molecule has 2 rings (SSSR count). The van der Waals surface area contributed by atoms with Gasteiger partial charge in [-0.25, -0.2) is 0 Å². The predicted molar refractivity (Wildman–Crippen MR) is 84.3 cm³/mol. The first kappa shape index (κ1) is 15.6. The molecule has 2 aromatic rings. The lowest BCUT2D eigenvalue weighted by Gasteiger charge is -2.11. The van der Waals surface area contributed by atoms with Gasteiger partial charge in [-0.3, -0.25) is 4.79 Å². The molecule has 0 spiro atoms. The van der Waals surface area contributed by atoms with Gasteiger partial charge >= 0.3 is 0 Å². The highest BCUT2D eigenvalue weighted by Gasteiger charge is 2.09. The van der Waals surface area contributed by atoms with Gasteiger partial charge in [-0.05, 0) is 29.8 Å². The first-order chi connectivity index (χ1) is 10.7. The highest BCUT2D eigenvalue weighted by molar-refractivity contribution is 5.94. The Balaban J connectivity index is 1.89. The van der Waals surface area contributed by atoms with Gasteiger partial charge in [-0.2, -0.15) is 0 Å². The van der Waals surface area contributed by atoms with Crippen molar-refractivity contribution < 1.29 is 14.6 Å². The number of amides is 1. The van der Waals surface area contributed by atoms with Crippen molar-refractivity contribution in [3.05, 3.63) is 65.7 Å². The Bertz CT molecular complexity index is 686. The van der Waals surface area contributed by atoms with Crippen LogP contribution in [0.4, 0.5) is 0 Å². The molecule has 0 fully saturated rings. The summed E-state index contributed by atoms with van der Waals surface area (Å²) in [6.07, 6.45) is -0.808. The molecule has 1 atom stereocenters. The van der Waals surface area contributed by atoms with Crippen LogP contribution in [0.15, 0.2) is 54.6 Å². The van der Waals surface area contributed by atoms with Gasteiger partial charge in [0, 0.05) is 18.0 Å². The van der Waals surface area contributed by atoms with Crippen LogP contribution in [0.1, 0.15) is 17.2 Å². The molecular weight excluding hydrogens is 278 g/mol. The largest absolute Gasteiger partial charge is 0.497 e. The molecule has 0 heterocycles. The first-order valence-corrected chi connectivity index (χ1v) is 6.86. The zero-order valence-corrected chi connectivity index (χ0v) is 12.2. The van der Waals surface area contributed by atoms with Gasteiger partial charge in [0.15, 0.2) is 0 Å². The number of carbonyl (C=O) groups is 1. The third kappa shape index (κ3) is 4.65. The van der Waals surface area contributed by atoms with E-state index in [4.69, 9.17) is 4.74 Å². The van der Waals surface area contributed by atoms with Crippen LogP contribution >= 0.6 is 0 Å². The van der Waals surface area contributed by atoms with Crippen molar-refractivity contribution in [1.29, 1.82) is 0 Å². The Morgan fingerprint density at radius 2 is 2.00 bits per heavy atom. The lowest BCUT2D eigenvalue weighted by Crippen LogP contribution is -2.27. The second kappa shape index (κ2) is 7.87. The van der Waals surface area contributed by atoms with E-state index >= 15 is 0 Å². The van der Waals surface area contributed by atoms with Crippen LogP contribution < -0.4 is 10.1 Å². The molecule has 1 unspecified atom stereocenters. The SMILES string of the molecule is COc1cccc(C(O)CNC(=O)C#Cc2ccccc2)c1. The molecule has 2 N–H and O–H groups in total. The van der Waals surface area contributed by atoms with E-state index in [0.29, 0.717) is 11.3 Å². The lowest BCUT2D eigenvalue weighted by molar-refractivity contribution is -0.116. The maximum atomic E-state index is 11.7. The lowest BCUT2D eigenvalue weighted by atomic mass is 10.1. The molecule has 0 bridgehead atoms. The van der Waals surface area contributed by atoms with E-state index in [1.165, 1.54) is 0 Å². The summed E-state index contributed by atoms with van der Waals surface area (Å²) in [5, 5.41) is 12.6. The van der Waals surface area contributed by atoms with Crippen molar-refractivity contribution in [3.8, 4) is 17.6 Å². The molecule has 1 amide bonds. The monoisotopic (exact) mass is 295 g/mol. The molecule has 0 radical (unpaired) electrons. The van der Waals surface area contributed by atoms with E-state index in [9.17, 15) is 9.90 Å². The van der Waals surface area contributed by atoms with Gasteiger partial charge in [0.1, 0.15) is 5.75 Å². The molecule has 112 valence electrons. The van der Waals surface area contributed by atoms with E-state index in [1.807, 2.05) is 30.3 Å². The zero-order chi connectivity index (χ0) is 15.8. The van der Waals surface area contributed by atoms with Gasteiger partial charge in [0.25, 0.3) is 5.91 Å². The van der Waals surface area contributed by atoms with E-state index in [1.54, 1.807) is 31.4 Å². The Morgan fingerprint density at radius 3 is 2.73 bits per heavy atom. The Kier molecular flexibility index (Phi) is 5.58. The molecule has 0 saturated carbocycles. The summed E-state index contributed by atoms with van der Waals surface area (Å²) in [7, 11) is 1.56. The number of carbonyl (C=O) groups excluding carboxylic acids is 1. The fraction of sp³-hybridized carbons (Fsp3) is 0.167. The fourth-order valence-corrected chi connectivity index (χ4v) is 1.85. The summed E-state index contributed by atoms with van der Waals surface area (Å²) in [6, 6.07) is 16.3. The summed E-state index contributed by atoms with van der Waals surface area (Å²) < 4.78 is 5.10. The highest BCUT2D eigenvalue weighted by Crippen LogP contribution is 2.18. The highest BCUT2D eigenvalue weighted by atomic mass is 16.5. The quantitative estimate of drug-likeness (QED) is 0.847. The van der Waals surface area contributed by atoms with Gasteiger partial charge < -0.3 is 15.2 Å². The molecular formula is C18H17NO3. The van der Waals surface area contributed by atoms with Crippen LogP contribution in [0.5, 0.6) is 5.75 Å². The molecule has 0 aliphatic rings. The standard InChI is InChI=1S/C18H17NO3/c1-22-16-9-5-8-15(12-16)17(20)13-19-18(21)11-10-14-6-3-2-4-7-14/h2-9,12,17,20H,13H2,1H3,(H,19,21). The van der Waals surface area contributed by atoms with Crippen LogP contribution in [0.2, 0.25) is 0 Å². The van der Waals surface area contributed by atoms with Crippen LogP contribution in [-0.2, 0) is 4.79 Å². The number of ether oxygens (including phenoxy) is 1. The van der Waals surface area contributed by atoms with Crippen molar-refractivity contribution in [1.82, 2.24) is 5.32 Å². The van der Waals surface area contributed by atoms with E-state index in [-0.39, 0.29) is 6.54 Å². The van der Waals surface area contributed by atoms with Crippen LogP contribution in [0.25, 0.3) is 0 Å². The predicted octanol–water partition coefficient (Wildman–Crippen LogP) is 1.90. The van der Waals surface area contributed by atoms with Crippen molar-refractivity contribution in [2.45, 2.75) is 6.10 Å². The maximum absolute atomic E-state index is 11.7. The summed E-state index contributed by atoms with van der Waals surface area (Å²) in [4.78, 5) is 11.7. The topological polar surface area (TPSA) is 58.6 Å². The summed E-state index contributed by atoms with van der Waals surface area (Å²) in [6.45, 7) is 0.0927. The van der Waals surface area contributed by atoms with Gasteiger partial charge in [-0.1, -0.05) is 36.3 Å². The van der Waals surface area contributed by atoms with Crippen LogP contribution in [0, 0.1) is 11.8 Å². The number of aliphatic hydroxyl groups is 1. The minimum Gasteiger partial charge on any atom is -0.497 e. The third-order valence-electron chi connectivity index (χ3n) is 3.03. The number of benzene rings is 2. The number of rotatable bonds is 4. The normalized spacial score (nSPS) is 11.0. The minimum atomic E-state index is -0.808. The van der Waals surface area contributed by atoms with E-state index in [0.717, 1.165) is 5.56 Å². The average Bonchev–Trinajstić information content (AvgIpc) is 2.58. The summed E-state index contributed by atoms with van der Waals surface area (Å²) in [5.41, 5.74) is 1.45. The number of hydrogen-bond donors (Lipinski definition) is 2. The Labute approximate surface area is 129 Å². The molecule has 22 heavy (non-hydrogen) atoms. The summed E-state index contributed by atoms with van der Waals surface area (Å²) >= 11 is 0. The van der Waals surface area contributed by atoms with Crippen molar-refractivity contribution in [2.75, 3.05) is 13.7 Å². The smallest absolute Gasteiger partial charge is 0.296 e. The third-order valence-corrected chi connectivity index (χ3v) is 3.03. The zero-order valence-electron chi connectivity index (χ0n) is 12.2.